The molecule has 0 aliphatic carbocycles. The molecule has 10 heteroatoms. The van der Waals surface area contributed by atoms with Gasteiger partial charge in [-0.15, -0.1) is 0 Å². The topological polar surface area (TPSA) is 85.1 Å². The van der Waals surface area contributed by atoms with Gasteiger partial charge >= 0.3 is 12.1 Å². The van der Waals surface area contributed by atoms with Crippen LogP contribution in [0.1, 0.15) is 17.3 Å². The SMILES string of the molecule is O=S(=O)(Nc1ccc(/C=C/c2noc(C(F)(F)F)n2)cc1)c1ccccc1. The zero-order valence-corrected chi connectivity index (χ0v) is 14.3. The van der Waals surface area contributed by atoms with Crippen LogP contribution in [0, 0.1) is 0 Å². The largest absolute Gasteiger partial charge is 0.471 e. The number of alkyl halides is 3. The van der Waals surface area contributed by atoms with Gasteiger partial charge in [0.25, 0.3) is 10.0 Å². The summed E-state index contributed by atoms with van der Waals surface area (Å²) in [6.45, 7) is 0. The highest BCUT2D eigenvalue weighted by atomic mass is 32.2. The van der Waals surface area contributed by atoms with E-state index in [0.717, 1.165) is 0 Å². The van der Waals surface area contributed by atoms with Gasteiger partial charge in [0.1, 0.15) is 0 Å². The van der Waals surface area contributed by atoms with E-state index in [0.29, 0.717) is 11.3 Å². The first-order chi connectivity index (χ1) is 12.7. The molecular weight excluding hydrogens is 383 g/mol. The Bertz CT molecular complexity index is 1040. The fourth-order valence-corrected chi connectivity index (χ4v) is 3.14. The third kappa shape index (κ3) is 4.73. The van der Waals surface area contributed by atoms with Crippen LogP contribution in [0.25, 0.3) is 12.2 Å². The van der Waals surface area contributed by atoms with Crippen molar-refractivity contribution in [3.63, 3.8) is 0 Å². The number of hydrogen-bond donors (Lipinski definition) is 1. The molecule has 0 aliphatic rings. The number of anilines is 1. The number of rotatable bonds is 5. The first-order valence-electron chi connectivity index (χ1n) is 7.51. The molecule has 0 bridgehead atoms. The Hall–Kier alpha value is -3.14. The van der Waals surface area contributed by atoms with Crippen molar-refractivity contribution in [1.82, 2.24) is 10.1 Å². The zero-order chi connectivity index (χ0) is 19.5. The molecule has 0 amide bonds. The quantitative estimate of drug-likeness (QED) is 0.704. The zero-order valence-electron chi connectivity index (χ0n) is 13.5. The van der Waals surface area contributed by atoms with Crippen molar-refractivity contribution in [2.24, 2.45) is 0 Å². The van der Waals surface area contributed by atoms with E-state index in [1.54, 1.807) is 30.3 Å². The summed E-state index contributed by atoms with van der Waals surface area (Å²) >= 11 is 0. The van der Waals surface area contributed by atoms with E-state index in [1.807, 2.05) is 0 Å². The maximum atomic E-state index is 12.4. The van der Waals surface area contributed by atoms with E-state index >= 15 is 0 Å². The number of aromatic nitrogens is 2. The average Bonchev–Trinajstić information content (AvgIpc) is 3.11. The summed E-state index contributed by atoms with van der Waals surface area (Å²) < 4.78 is 68.2. The molecule has 0 aliphatic heterocycles. The van der Waals surface area contributed by atoms with Crippen molar-refractivity contribution >= 4 is 27.9 Å². The molecule has 3 rings (SSSR count). The van der Waals surface area contributed by atoms with Gasteiger partial charge in [-0.2, -0.15) is 18.2 Å². The first kappa shape index (κ1) is 18.6. The molecule has 0 radical (unpaired) electrons. The Labute approximate surface area is 152 Å². The molecule has 1 aromatic heterocycles. The minimum Gasteiger partial charge on any atom is -0.329 e. The van der Waals surface area contributed by atoms with Crippen molar-refractivity contribution in [3.05, 3.63) is 71.9 Å². The summed E-state index contributed by atoms with van der Waals surface area (Å²) in [5, 5.41) is 3.21. The predicted molar refractivity (Wildman–Crippen MR) is 91.9 cm³/mol. The highest BCUT2D eigenvalue weighted by molar-refractivity contribution is 7.92. The summed E-state index contributed by atoms with van der Waals surface area (Å²) in [6, 6.07) is 14.1. The van der Waals surface area contributed by atoms with E-state index in [9.17, 15) is 21.6 Å². The Kier molecular flexibility index (Phi) is 5.00. The Morgan fingerprint density at radius 3 is 2.22 bits per heavy atom. The Morgan fingerprint density at radius 1 is 0.963 bits per heavy atom. The fourth-order valence-electron chi connectivity index (χ4n) is 2.06. The summed E-state index contributed by atoms with van der Waals surface area (Å²) in [7, 11) is -3.70. The van der Waals surface area contributed by atoms with Gasteiger partial charge in [-0.25, -0.2) is 8.42 Å². The van der Waals surface area contributed by atoms with E-state index < -0.39 is 22.1 Å². The molecule has 0 saturated carbocycles. The van der Waals surface area contributed by atoms with Crippen LogP contribution in [0.15, 0.2) is 64.0 Å². The third-order valence-corrected chi connectivity index (χ3v) is 4.72. The van der Waals surface area contributed by atoms with Gasteiger partial charge < -0.3 is 4.52 Å². The van der Waals surface area contributed by atoms with Gasteiger partial charge in [-0.3, -0.25) is 4.72 Å². The smallest absolute Gasteiger partial charge is 0.329 e. The van der Waals surface area contributed by atoms with Gasteiger partial charge in [0.2, 0.25) is 0 Å². The molecule has 0 unspecified atom stereocenters. The van der Waals surface area contributed by atoms with Gasteiger partial charge in [0, 0.05) is 5.69 Å². The summed E-state index contributed by atoms with van der Waals surface area (Å²) in [5.74, 6) is -1.65. The number of halogens is 3. The van der Waals surface area contributed by atoms with E-state index in [2.05, 4.69) is 19.4 Å². The predicted octanol–water partition coefficient (Wildman–Crippen LogP) is 4.06. The lowest BCUT2D eigenvalue weighted by Crippen LogP contribution is -2.12. The molecule has 140 valence electrons. The number of nitrogens with zero attached hydrogens (tertiary/aromatic N) is 2. The van der Waals surface area contributed by atoms with Gasteiger partial charge in [0.05, 0.1) is 4.90 Å². The highest BCUT2D eigenvalue weighted by Gasteiger charge is 2.38. The van der Waals surface area contributed by atoms with E-state index in [-0.39, 0.29) is 10.7 Å². The number of sulfonamides is 1. The molecule has 0 atom stereocenters. The monoisotopic (exact) mass is 395 g/mol. The Morgan fingerprint density at radius 2 is 1.63 bits per heavy atom. The second kappa shape index (κ2) is 7.23. The lowest BCUT2D eigenvalue weighted by atomic mass is 10.2. The van der Waals surface area contributed by atoms with Crippen LogP contribution in [-0.2, 0) is 16.2 Å². The molecular formula is C17H12F3N3O3S. The number of nitrogens with one attached hydrogen (secondary N) is 1. The fraction of sp³-hybridized carbons (Fsp3) is 0.0588. The van der Waals surface area contributed by atoms with Crippen LogP contribution >= 0.6 is 0 Å². The number of hydrogen-bond acceptors (Lipinski definition) is 5. The van der Waals surface area contributed by atoms with Crippen molar-refractivity contribution in [2.45, 2.75) is 11.1 Å². The minimum absolute atomic E-state index is 0.131. The summed E-state index contributed by atoms with van der Waals surface area (Å²) in [4.78, 5) is 3.35. The normalized spacial score (nSPS) is 12.4. The first-order valence-corrected chi connectivity index (χ1v) is 8.99. The van der Waals surface area contributed by atoms with Gasteiger partial charge in [-0.1, -0.05) is 41.6 Å². The maximum absolute atomic E-state index is 12.4. The second-order valence-electron chi connectivity index (χ2n) is 5.33. The van der Waals surface area contributed by atoms with Gasteiger partial charge in [0.15, 0.2) is 5.82 Å². The summed E-state index contributed by atoms with van der Waals surface area (Å²) in [6.07, 6.45) is -1.97. The van der Waals surface area contributed by atoms with Crippen LogP contribution in [0.2, 0.25) is 0 Å². The molecule has 0 saturated heterocycles. The molecule has 1 heterocycles. The lowest BCUT2D eigenvalue weighted by molar-refractivity contribution is -0.159. The van der Waals surface area contributed by atoms with Crippen LogP contribution in [0.3, 0.4) is 0 Å². The van der Waals surface area contributed by atoms with Crippen molar-refractivity contribution < 1.29 is 26.1 Å². The van der Waals surface area contributed by atoms with E-state index in [1.165, 1.54) is 36.4 Å². The van der Waals surface area contributed by atoms with Crippen LogP contribution in [-0.4, -0.2) is 18.6 Å². The molecule has 27 heavy (non-hydrogen) atoms. The minimum atomic E-state index is -4.70. The molecule has 2 aromatic carbocycles. The standard InChI is InChI=1S/C17H12F3N3O3S/c18-17(19,20)16-21-15(22-26-16)11-8-12-6-9-13(10-7-12)23-27(24,25)14-4-2-1-3-5-14/h1-11,23H/b11-8+. The third-order valence-electron chi connectivity index (χ3n) is 3.33. The van der Waals surface area contributed by atoms with Crippen LogP contribution < -0.4 is 4.72 Å². The maximum Gasteiger partial charge on any atom is 0.471 e. The number of benzene rings is 2. The molecule has 6 nitrogen and oxygen atoms in total. The van der Waals surface area contributed by atoms with Crippen molar-refractivity contribution in [3.8, 4) is 0 Å². The molecule has 0 spiro atoms. The summed E-state index contributed by atoms with van der Waals surface area (Å²) in [5.41, 5.74) is 0.950. The van der Waals surface area contributed by atoms with Crippen LogP contribution in [0.4, 0.5) is 18.9 Å². The Balaban J connectivity index is 1.69. The molecule has 3 aromatic rings. The van der Waals surface area contributed by atoms with Crippen LogP contribution in [0.5, 0.6) is 0 Å². The second-order valence-corrected chi connectivity index (χ2v) is 7.01. The molecule has 1 N–H and O–H groups in total. The van der Waals surface area contributed by atoms with Gasteiger partial charge in [-0.05, 0) is 35.9 Å². The van der Waals surface area contributed by atoms with Crippen molar-refractivity contribution in [1.29, 1.82) is 0 Å². The van der Waals surface area contributed by atoms with E-state index in [4.69, 9.17) is 0 Å². The average molecular weight is 395 g/mol. The lowest BCUT2D eigenvalue weighted by Gasteiger charge is -2.08. The van der Waals surface area contributed by atoms with Crippen molar-refractivity contribution in [2.75, 3.05) is 4.72 Å². The highest BCUT2D eigenvalue weighted by Crippen LogP contribution is 2.27. The molecule has 0 fully saturated rings.